The third-order valence-electron chi connectivity index (χ3n) is 4.81. The van der Waals surface area contributed by atoms with Crippen molar-refractivity contribution in [2.75, 3.05) is 11.4 Å². The van der Waals surface area contributed by atoms with Crippen molar-refractivity contribution in [3.05, 3.63) is 52.8 Å². The number of amides is 2. The third-order valence-corrected chi connectivity index (χ3v) is 6.02. The number of anilines is 1. The quantitative estimate of drug-likeness (QED) is 0.737. The number of thiazole rings is 1. The van der Waals surface area contributed by atoms with E-state index in [1.165, 1.54) is 11.3 Å². The molecule has 0 saturated carbocycles. The topological polar surface area (TPSA) is 80.1 Å². The SMILES string of the molecule is Cc1ccc(N2CCC(NC(=O)c3sc(-c4cnn(C)c4)nc3C)C2=O)cc1. The second-order valence-corrected chi connectivity index (χ2v) is 7.98. The molecule has 4 rings (SSSR count). The maximum atomic E-state index is 12.8. The fraction of sp³-hybridized carbons (Fsp3) is 0.300. The van der Waals surface area contributed by atoms with Crippen LogP contribution in [0.15, 0.2) is 36.7 Å². The van der Waals surface area contributed by atoms with Gasteiger partial charge in [-0.15, -0.1) is 11.3 Å². The zero-order valence-corrected chi connectivity index (χ0v) is 16.8. The van der Waals surface area contributed by atoms with E-state index in [9.17, 15) is 9.59 Å². The van der Waals surface area contributed by atoms with Gasteiger partial charge in [0.25, 0.3) is 5.91 Å². The fourth-order valence-corrected chi connectivity index (χ4v) is 4.23. The van der Waals surface area contributed by atoms with Crippen molar-refractivity contribution in [1.29, 1.82) is 0 Å². The predicted octanol–water partition coefficient (Wildman–Crippen LogP) is 2.70. The first-order valence-electron chi connectivity index (χ1n) is 9.08. The van der Waals surface area contributed by atoms with Gasteiger partial charge in [0.1, 0.15) is 15.9 Å². The Hall–Kier alpha value is -3.00. The summed E-state index contributed by atoms with van der Waals surface area (Å²) < 4.78 is 1.70. The molecule has 1 atom stereocenters. The zero-order chi connectivity index (χ0) is 19.8. The molecule has 3 heterocycles. The molecule has 1 aliphatic heterocycles. The number of carbonyl (C=O) groups excluding carboxylic acids is 2. The van der Waals surface area contributed by atoms with Crippen LogP contribution in [0.2, 0.25) is 0 Å². The van der Waals surface area contributed by atoms with E-state index < -0.39 is 6.04 Å². The highest BCUT2D eigenvalue weighted by Gasteiger charge is 2.34. The molecule has 28 heavy (non-hydrogen) atoms. The van der Waals surface area contributed by atoms with Crippen LogP contribution in [-0.4, -0.2) is 39.2 Å². The number of aryl methyl sites for hydroxylation is 3. The molecule has 144 valence electrons. The number of aromatic nitrogens is 3. The van der Waals surface area contributed by atoms with Crippen molar-refractivity contribution < 1.29 is 9.59 Å². The van der Waals surface area contributed by atoms with E-state index in [4.69, 9.17) is 0 Å². The van der Waals surface area contributed by atoms with Gasteiger partial charge < -0.3 is 10.2 Å². The van der Waals surface area contributed by atoms with Crippen LogP contribution >= 0.6 is 11.3 Å². The van der Waals surface area contributed by atoms with Gasteiger partial charge in [-0.05, 0) is 32.4 Å². The van der Waals surface area contributed by atoms with Gasteiger partial charge in [0, 0.05) is 31.0 Å². The molecule has 1 fully saturated rings. The number of rotatable bonds is 4. The number of carbonyl (C=O) groups is 2. The fourth-order valence-electron chi connectivity index (χ4n) is 3.28. The largest absolute Gasteiger partial charge is 0.339 e. The van der Waals surface area contributed by atoms with E-state index in [-0.39, 0.29) is 11.8 Å². The number of nitrogens with one attached hydrogen (secondary N) is 1. The van der Waals surface area contributed by atoms with Crippen molar-refractivity contribution in [1.82, 2.24) is 20.1 Å². The van der Waals surface area contributed by atoms with Crippen LogP contribution in [0.3, 0.4) is 0 Å². The number of nitrogens with zero attached hydrogens (tertiary/aromatic N) is 4. The summed E-state index contributed by atoms with van der Waals surface area (Å²) in [5, 5.41) is 7.78. The Labute approximate surface area is 167 Å². The Bertz CT molecular complexity index is 1040. The van der Waals surface area contributed by atoms with Crippen molar-refractivity contribution in [2.24, 2.45) is 7.05 Å². The van der Waals surface area contributed by atoms with Gasteiger partial charge in [0.15, 0.2) is 0 Å². The molecule has 1 aromatic carbocycles. The molecule has 1 saturated heterocycles. The monoisotopic (exact) mass is 395 g/mol. The van der Waals surface area contributed by atoms with Crippen LogP contribution in [0.5, 0.6) is 0 Å². The second kappa shape index (κ2) is 7.20. The van der Waals surface area contributed by atoms with Gasteiger partial charge in [-0.3, -0.25) is 14.3 Å². The lowest BCUT2D eigenvalue weighted by Gasteiger charge is -2.17. The van der Waals surface area contributed by atoms with Gasteiger partial charge in [-0.1, -0.05) is 17.7 Å². The van der Waals surface area contributed by atoms with Crippen LogP contribution in [0.4, 0.5) is 5.69 Å². The van der Waals surface area contributed by atoms with Crippen LogP contribution in [0.25, 0.3) is 10.6 Å². The average Bonchev–Trinajstić information content (AvgIpc) is 3.36. The van der Waals surface area contributed by atoms with E-state index in [1.54, 1.807) is 22.7 Å². The minimum Gasteiger partial charge on any atom is -0.339 e. The van der Waals surface area contributed by atoms with Crippen molar-refractivity contribution in [3.63, 3.8) is 0 Å². The summed E-state index contributed by atoms with van der Waals surface area (Å²) in [7, 11) is 1.84. The lowest BCUT2D eigenvalue weighted by molar-refractivity contribution is -0.118. The number of hydrogen-bond donors (Lipinski definition) is 1. The highest BCUT2D eigenvalue weighted by Crippen LogP contribution is 2.28. The van der Waals surface area contributed by atoms with Crippen LogP contribution in [0.1, 0.15) is 27.3 Å². The van der Waals surface area contributed by atoms with Crippen molar-refractivity contribution in [2.45, 2.75) is 26.3 Å². The Morgan fingerprint density at radius 2 is 2.00 bits per heavy atom. The Balaban J connectivity index is 1.47. The van der Waals surface area contributed by atoms with E-state index in [2.05, 4.69) is 15.4 Å². The summed E-state index contributed by atoms with van der Waals surface area (Å²) in [5.41, 5.74) is 3.53. The molecule has 2 aromatic heterocycles. The standard InChI is InChI=1S/C20H21N5O2S/c1-12-4-6-15(7-5-12)25-9-8-16(20(25)27)23-18(26)17-13(2)22-19(28-17)14-10-21-24(3)11-14/h4-7,10-11,16H,8-9H2,1-3H3,(H,23,26). The first kappa shape index (κ1) is 18.4. The van der Waals surface area contributed by atoms with Crippen LogP contribution in [-0.2, 0) is 11.8 Å². The normalized spacial score (nSPS) is 16.6. The molecule has 0 bridgehead atoms. The van der Waals surface area contributed by atoms with Gasteiger partial charge in [-0.2, -0.15) is 5.10 Å². The van der Waals surface area contributed by atoms with E-state index in [0.717, 1.165) is 21.8 Å². The highest BCUT2D eigenvalue weighted by molar-refractivity contribution is 7.17. The summed E-state index contributed by atoms with van der Waals surface area (Å²) in [4.78, 5) is 32.3. The van der Waals surface area contributed by atoms with Gasteiger partial charge in [0.05, 0.1) is 11.9 Å². The highest BCUT2D eigenvalue weighted by atomic mass is 32.1. The first-order chi connectivity index (χ1) is 13.4. The third kappa shape index (κ3) is 3.43. The molecule has 0 radical (unpaired) electrons. The molecule has 8 heteroatoms. The zero-order valence-electron chi connectivity index (χ0n) is 16.0. The smallest absolute Gasteiger partial charge is 0.263 e. The molecular formula is C20H21N5O2S. The molecule has 3 aromatic rings. The van der Waals surface area contributed by atoms with E-state index in [0.29, 0.717) is 23.5 Å². The molecule has 1 unspecified atom stereocenters. The minimum absolute atomic E-state index is 0.0770. The molecule has 2 amide bonds. The molecule has 0 aliphatic carbocycles. The van der Waals surface area contributed by atoms with E-state index >= 15 is 0 Å². The maximum absolute atomic E-state index is 12.8. The van der Waals surface area contributed by atoms with Crippen molar-refractivity contribution >= 4 is 28.8 Å². The average molecular weight is 395 g/mol. The van der Waals surface area contributed by atoms with Gasteiger partial charge in [-0.25, -0.2) is 4.98 Å². The second-order valence-electron chi connectivity index (χ2n) is 6.98. The lowest BCUT2D eigenvalue weighted by Crippen LogP contribution is -2.41. The summed E-state index contributed by atoms with van der Waals surface area (Å²) in [6.07, 6.45) is 4.17. The minimum atomic E-state index is -0.517. The summed E-state index contributed by atoms with van der Waals surface area (Å²) in [5.74, 6) is -0.332. The summed E-state index contributed by atoms with van der Waals surface area (Å²) in [6, 6.07) is 7.32. The molecule has 1 aliphatic rings. The predicted molar refractivity (Wildman–Crippen MR) is 108 cm³/mol. The molecule has 0 spiro atoms. The summed E-state index contributed by atoms with van der Waals surface area (Å²) >= 11 is 1.32. The summed E-state index contributed by atoms with van der Waals surface area (Å²) in [6.45, 7) is 4.41. The Morgan fingerprint density at radius 1 is 1.25 bits per heavy atom. The lowest BCUT2D eigenvalue weighted by atomic mass is 10.2. The van der Waals surface area contributed by atoms with Crippen LogP contribution in [0, 0.1) is 13.8 Å². The van der Waals surface area contributed by atoms with Crippen LogP contribution < -0.4 is 10.2 Å². The van der Waals surface area contributed by atoms with E-state index in [1.807, 2.05) is 44.4 Å². The molecule has 7 nitrogen and oxygen atoms in total. The molecule has 1 N–H and O–H groups in total. The number of benzene rings is 1. The van der Waals surface area contributed by atoms with Gasteiger partial charge >= 0.3 is 0 Å². The molecular weight excluding hydrogens is 374 g/mol. The Morgan fingerprint density at radius 3 is 2.68 bits per heavy atom. The number of hydrogen-bond acceptors (Lipinski definition) is 5. The van der Waals surface area contributed by atoms with Gasteiger partial charge in [0.2, 0.25) is 5.91 Å². The maximum Gasteiger partial charge on any atom is 0.263 e. The van der Waals surface area contributed by atoms with Crippen molar-refractivity contribution in [3.8, 4) is 10.6 Å². The first-order valence-corrected chi connectivity index (χ1v) is 9.89. The Kier molecular flexibility index (Phi) is 4.72.